The van der Waals surface area contributed by atoms with Crippen molar-refractivity contribution in [2.24, 2.45) is 0 Å². The molecule has 3 rings (SSSR count). The van der Waals surface area contributed by atoms with Crippen molar-refractivity contribution in [2.45, 2.75) is 39.7 Å². The lowest BCUT2D eigenvalue weighted by Gasteiger charge is -2.32. The van der Waals surface area contributed by atoms with Crippen molar-refractivity contribution in [3.63, 3.8) is 0 Å². The minimum Gasteiger partial charge on any atom is -0.336 e. The quantitative estimate of drug-likeness (QED) is 0.852. The maximum absolute atomic E-state index is 12.6. The number of rotatable bonds is 2. The van der Waals surface area contributed by atoms with Crippen LogP contribution in [0.1, 0.15) is 45.9 Å². The predicted molar refractivity (Wildman–Crippen MR) is 80.5 cm³/mol. The van der Waals surface area contributed by atoms with E-state index >= 15 is 0 Å². The highest BCUT2D eigenvalue weighted by Gasteiger charge is 2.28. The zero-order chi connectivity index (χ0) is 15.0. The molecule has 1 aliphatic rings. The first kappa shape index (κ1) is 14.2. The number of nitrogens with zero attached hydrogens (tertiary/aromatic N) is 5. The molecule has 6 nitrogen and oxygen atoms in total. The largest absolute Gasteiger partial charge is 0.336 e. The summed E-state index contributed by atoms with van der Waals surface area (Å²) in [5.74, 6) is 1.80. The van der Waals surface area contributed by atoms with Gasteiger partial charge >= 0.3 is 0 Å². The van der Waals surface area contributed by atoms with Gasteiger partial charge in [0.2, 0.25) is 0 Å². The van der Waals surface area contributed by atoms with Crippen molar-refractivity contribution in [1.29, 1.82) is 0 Å². The second kappa shape index (κ2) is 5.55. The number of carbonyl (C=O) groups is 1. The lowest BCUT2D eigenvalue weighted by Crippen LogP contribution is -2.41. The fourth-order valence-electron chi connectivity index (χ4n) is 2.87. The topological polar surface area (TPSA) is 63.9 Å². The van der Waals surface area contributed by atoms with E-state index in [9.17, 15) is 4.79 Å². The van der Waals surface area contributed by atoms with Crippen LogP contribution in [0.3, 0.4) is 0 Å². The van der Waals surface area contributed by atoms with Gasteiger partial charge in [-0.05, 0) is 33.6 Å². The highest BCUT2D eigenvalue weighted by Crippen LogP contribution is 2.25. The molecule has 2 aromatic heterocycles. The standard InChI is InChI=1S/C14H19N5OS/c1-9-13(21-8-15-9)14(20)18-6-4-5-12(7-18)19-11(3)16-10(2)17-19/h8,12H,4-7H2,1-3H3/t12-/m1/s1. The molecule has 1 amide bonds. The van der Waals surface area contributed by atoms with E-state index in [1.54, 1.807) is 5.51 Å². The smallest absolute Gasteiger partial charge is 0.265 e. The molecule has 1 aliphatic heterocycles. The molecule has 0 aromatic carbocycles. The Morgan fingerprint density at radius 1 is 1.38 bits per heavy atom. The van der Waals surface area contributed by atoms with Crippen LogP contribution in [0, 0.1) is 20.8 Å². The van der Waals surface area contributed by atoms with Crippen LogP contribution in [-0.4, -0.2) is 43.6 Å². The number of hydrogen-bond donors (Lipinski definition) is 0. The SMILES string of the molecule is Cc1nc(C)n([C@@H]2CCCN(C(=O)c3scnc3C)C2)n1. The van der Waals surface area contributed by atoms with E-state index in [-0.39, 0.29) is 11.9 Å². The van der Waals surface area contributed by atoms with Crippen LogP contribution in [0.4, 0.5) is 0 Å². The van der Waals surface area contributed by atoms with Crippen molar-refractivity contribution in [2.75, 3.05) is 13.1 Å². The van der Waals surface area contributed by atoms with Gasteiger partial charge in [0.05, 0.1) is 17.2 Å². The van der Waals surface area contributed by atoms with Crippen LogP contribution in [0.2, 0.25) is 0 Å². The zero-order valence-corrected chi connectivity index (χ0v) is 13.4. The first-order valence-electron chi connectivity index (χ1n) is 7.15. The molecular weight excluding hydrogens is 286 g/mol. The van der Waals surface area contributed by atoms with E-state index in [0.717, 1.165) is 41.6 Å². The molecule has 0 aliphatic carbocycles. The van der Waals surface area contributed by atoms with Crippen LogP contribution < -0.4 is 0 Å². The number of piperidine rings is 1. The fraction of sp³-hybridized carbons (Fsp3) is 0.571. The van der Waals surface area contributed by atoms with Crippen molar-refractivity contribution < 1.29 is 4.79 Å². The Kier molecular flexibility index (Phi) is 3.75. The van der Waals surface area contributed by atoms with Gasteiger partial charge in [0.15, 0.2) is 0 Å². The number of aryl methyl sites for hydroxylation is 3. The lowest BCUT2D eigenvalue weighted by atomic mass is 10.1. The number of aromatic nitrogens is 4. The summed E-state index contributed by atoms with van der Waals surface area (Å²) in [4.78, 5) is 23.8. The van der Waals surface area contributed by atoms with E-state index in [4.69, 9.17) is 0 Å². The first-order valence-corrected chi connectivity index (χ1v) is 8.03. The molecule has 0 spiro atoms. The molecule has 1 fully saturated rings. The zero-order valence-electron chi connectivity index (χ0n) is 12.5. The number of carbonyl (C=O) groups excluding carboxylic acids is 1. The van der Waals surface area contributed by atoms with E-state index in [1.807, 2.05) is 30.4 Å². The van der Waals surface area contributed by atoms with E-state index < -0.39 is 0 Å². The molecule has 7 heteroatoms. The van der Waals surface area contributed by atoms with Gasteiger partial charge in [-0.2, -0.15) is 5.10 Å². The van der Waals surface area contributed by atoms with Crippen molar-refractivity contribution >= 4 is 17.2 Å². The second-order valence-electron chi connectivity index (χ2n) is 5.46. The Bertz CT molecular complexity index is 662. The number of thiazole rings is 1. The Morgan fingerprint density at radius 3 is 2.81 bits per heavy atom. The Balaban J connectivity index is 1.79. The summed E-state index contributed by atoms with van der Waals surface area (Å²) in [6, 6.07) is 0.220. The predicted octanol–water partition coefficient (Wildman–Crippen LogP) is 2.14. The molecule has 0 N–H and O–H groups in total. The van der Waals surface area contributed by atoms with Gasteiger partial charge in [-0.25, -0.2) is 14.6 Å². The second-order valence-corrected chi connectivity index (χ2v) is 6.32. The molecule has 0 radical (unpaired) electrons. The molecule has 1 saturated heterocycles. The molecule has 0 saturated carbocycles. The maximum atomic E-state index is 12.6. The Hall–Kier alpha value is -1.76. The molecule has 1 atom stereocenters. The average molecular weight is 305 g/mol. The number of likely N-dealkylation sites (tertiary alicyclic amines) is 1. The highest BCUT2D eigenvalue weighted by atomic mass is 32.1. The summed E-state index contributed by atoms with van der Waals surface area (Å²) < 4.78 is 1.97. The minimum atomic E-state index is 0.0918. The molecule has 0 unspecified atom stereocenters. The Labute approximate surface area is 127 Å². The van der Waals surface area contributed by atoms with Crippen LogP contribution in [-0.2, 0) is 0 Å². The molecule has 112 valence electrons. The third-order valence-electron chi connectivity index (χ3n) is 3.88. The van der Waals surface area contributed by atoms with Gasteiger partial charge in [-0.15, -0.1) is 11.3 Å². The molecule has 3 heterocycles. The summed E-state index contributed by atoms with van der Waals surface area (Å²) in [6.45, 7) is 7.25. The number of amides is 1. The van der Waals surface area contributed by atoms with Crippen molar-refractivity contribution in [1.82, 2.24) is 24.6 Å². The molecule has 2 aromatic rings. The van der Waals surface area contributed by atoms with Crippen molar-refractivity contribution in [3.05, 3.63) is 27.7 Å². The molecular formula is C14H19N5OS. The summed E-state index contributed by atoms with van der Waals surface area (Å²) in [7, 11) is 0. The molecule has 0 bridgehead atoms. The van der Waals surface area contributed by atoms with Gasteiger partial charge in [0, 0.05) is 13.1 Å². The summed E-state index contributed by atoms with van der Waals surface area (Å²) in [5, 5.41) is 4.47. The van der Waals surface area contributed by atoms with Gasteiger partial charge in [-0.1, -0.05) is 0 Å². The average Bonchev–Trinajstić information content (AvgIpc) is 3.03. The van der Waals surface area contributed by atoms with E-state index in [0.29, 0.717) is 6.54 Å². The van der Waals surface area contributed by atoms with Crippen molar-refractivity contribution in [3.8, 4) is 0 Å². The van der Waals surface area contributed by atoms with Gasteiger partial charge in [0.25, 0.3) is 5.91 Å². The fourth-order valence-corrected chi connectivity index (χ4v) is 3.64. The Morgan fingerprint density at radius 2 is 2.19 bits per heavy atom. The number of hydrogen-bond acceptors (Lipinski definition) is 5. The van der Waals surface area contributed by atoms with E-state index in [1.165, 1.54) is 11.3 Å². The summed E-state index contributed by atoms with van der Waals surface area (Å²) >= 11 is 1.42. The van der Waals surface area contributed by atoms with Crippen LogP contribution >= 0.6 is 11.3 Å². The van der Waals surface area contributed by atoms with Gasteiger partial charge in [-0.3, -0.25) is 4.79 Å². The summed E-state index contributed by atoms with van der Waals surface area (Å²) in [6.07, 6.45) is 2.03. The first-order chi connectivity index (χ1) is 10.1. The van der Waals surface area contributed by atoms with Gasteiger partial charge in [0.1, 0.15) is 16.5 Å². The maximum Gasteiger partial charge on any atom is 0.265 e. The highest BCUT2D eigenvalue weighted by molar-refractivity contribution is 7.11. The monoisotopic (exact) mass is 305 g/mol. The van der Waals surface area contributed by atoms with Crippen LogP contribution in [0.25, 0.3) is 0 Å². The normalized spacial score (nSPS) is 19.0. The summed E-state index contributed by atoms with van der Waals surface area (Å²) in [5.41, 5.74) is 2.55. The third kappa shape index (κ3) is 2.70. The van der Waals surface area contributed by atoms with E-state index in [2.05, 4.69) is 15.1 Å². The van der Waals surface area contributed by atoms with Gasteiger partial charge < -0.3 is 4.90 Å². The van der Waals surface area contributed by atoms with Crippen LogP contribution in [0.5, 0.6) is 0 Å². The minimum absolute atomic E-state index is 0.0918. The van der Waals surface area contributed by atoms with Crippen LogP contribution in [0.15, 0.2) is 5.51 Å². The molecule has 21 heavy (non-hydrogen) atoms. The third-order valence-corrected chi connectivity index (χ3v) is 4.79. The lowest BCUT2D eigenvalue weighted by molar-refractivity contribution is 0.0675.